The SMILES string of the molecule is C=C(C(=O)OCC)C(O)CCP(=O)(O)O. The van der Waals surface area contributed by atoms with Gasteiger partial charge in [0.15, 0.2) is 0 Å². The van der Waals surface area contributed by atoms with Crippen molar-refractivity contribution >= 4 is 13.6 Å². The average molecular weight is 238 g/mol. The highest BCUT2D eigenvalue weighted by atomic mass is 31.2. The van der Waals surface area contributed by atoms with E-state index in [0.717, 1.165) is 0 Å². The topological polar surface area (TPSA) is 104 Å². The third-order valence-electron chi connectivity index (χ3n) is 1.63. The largest absolute Gasteiger partial charge is 0.463 e. The molecule has 0 aromatic heterocycles. The van der Waals surface area contributed by atoms with E-state index in [1.807, 2.05) is 0 Å². The summed E-state index contributed by atoms with van der Waals surface area (Å²) in [6.07, 6.45) is -1.99. The van der Waals surface area contributed by atoms with Crippen LogP contribution < -0.4 is 0 Å². The van der Waals surface area contributed by atoms with Crippen molar-refractivity contribution in [2.24, 2.45) is 0 Å². The van der Waals surface area contributed by atoms with Crippen molar-refractivity contribution in [3.63, 3.8) is 0 Å². The number of aliphatic hydroxyl groups excluding tert-OH is 1. The quantitative estimate of drug-likeness (QED) is 0.342. The molecule has 6 nitrogen and oxygen atoms in total. The summed E-state index contributed by atoms with van der Waals surface area (Å²) in [6, 6.07) is 0. The van der Waals surface area contributed by atoms with Gasteiger partial charge in [-0.25, -0.2) is 4.79 Å². The summed E-state index contributed by atoms with van der Waals surface area (Å²) in [5, 5.41) is 9.33. The zero-order valence-corrected chi connectivity index (χ0v) is 9.31. The van der Waals surface area contributed by atoms with Crippen molar-refractivity contribution in [1.82, 2.24) is 0 Å². The fourth-order valence-electron chi connectivity index (χ4n) is 0.825. The Morgan fingerprint density at radius 3 is 2.47 bits per heavy atom. The maximum absolute atomic E-state index is 11.0. The molecule has 0 rings (SSSR count). The van der Waals surface area contributed by atoms with Gasteiger partial charge in [-0.15, -0.1) is 0 Å². The summed E-state index contributed by atoms with van der Waals surface area (Å²) in [5.41, 5.74) is -0.190. The number of hydrogen-bond acceptors (Lipinski definition) is 4. The van der Waals surface area contributed by atoms with Crippen LogP contribution in [0.3, 0.4) is 0 Å². The lowest BCUT2D eigenvalue weighted by atomic mass is 10.1. The van der Waals surface area contributed by atoms with Crippen LogP contribution in [0.15, 0.2) is 12.2 Å². The predicted octanol–water partition coefficient (Wildman–Crippen LogP) is 0.0344. The highest BCUT2D eigenvalue weighted by molar-refractivity contribution is 7.51. The fraction of sp³-hybridized carbons (Fsp3) is 0.625. The van der Waals surface area contributed by atoms with E-state index in [0.29, 0.717) is 0 Å². The lowest BCUT2D eigenvalue weighted by Gasteiger charge is -2.12. The van der Waals surface area contributed by atoms with Gasteiger partial charge in [-0.3, -0.25) is 4.57 Å². The van der Waals surface area contributed by atoms with Crippen LogP contribution in [-0.2, 0) is 14.1 Å². The summed E-state index contributed by atoms with van der Waals surface area (Å²) in [7, 11) is -4.16. The molecule has 0 aliphatic rings. The first-order chi connectivity index (χ1) is 6.78. The predicted molar refractivity (Wildman–Crippen MR) is 53.3 cm³/mol. The molecule has 0 spiro atoms. The zero-order chi connectivity index (χ0) is 12.1. The molecule has 3 N–H and O–H groups in total. The first-order valence-electron chi connectivity index (χ1n) is 4.36. The first kappa shape index (κ1) is 14.3. The van der Waals surface area contributed by atoms with E-state index < -0.39 is 25.8 Å². The summed E-state index contributed by atoms with van der Waals surface area (Å²) >= 11 is 0. The van der Waals surface area contributed by atoms with Crippen molar-refractivity contribution in [3.05, 3.63) is 12.2 Å². The van der Waals surface area contributed by atoms with Crippen LogP contribution in [0.4, 0.5) is 0 Å². The molecule has 88 valence electrons. The highest BCUT2D eigenvalue weighted by Gasteiger charge is 2.21. The molecule has 0 radical (unpaired) electrons. The van der Waals surface area contributed by atoms with Gasteiger partial charge in [0.2, 0.25) is 0 Å². The van der Waals surface area contributed by atoms with E-state index in [1.165, 1.54) is 0 Å². The lowest BCUT2D eigenvalue weighted by Crippen LogP contribution is -2.20. The second-order valence-electron chi connectivity index (χ2n) is 2.94. The van der Waals surface area contributed by atoms with Crippen LogP contribution in [0, 0.1) is 0 Å². The van der Waals surface area contributed by atoms with E-state index >= 15 is 0 Å². The molecule has 0 heterocycles. The Hall–Kier alpha value is -0.680. The number of carbonyl (C=O) groups is 1. The molecular formula is C8H15O6P. The van der Waals surface area contributed by atoms with E-state index in [9.17, 15) is 14.5 Å². The van der Waals surface area contributed by atoms with E-state index in [1.54, 1.807) is 6.92 Å². The van der Waals surface area contributed by atoms with Crippen molar-refractivity contribution in [1.29, 1.82) is 0 Å². The minimum atomic E-state index is -4.16. The van der Waals surface area contributed by atoms with Crippen molar-refractivity contribution in [2.75, 3.05) is 12.8 Å². The lowest BCUT2D eigenvalue weighted by molar-refractivity contribution is -0.139. The third-order valence-corrected chi connectivity index (χ3v) is 2.47. The third kappa shape index (κ3) is 6.41. The van der Waals surface area contributed by atoms with Crippen LogP contribution in [0.25, 0.3) is 0 Å². The Balaban J connectivity index is 4.11. The molecule has 0 saturated heterocycles. The van der Waals surface area contributed by atoms with Crippen LogP contribution in [0.1, 0.15) is 13.3 Å². The zero-order valence-electron chi connectivity index (χ0n) is 8.42. The Kier molecular flexibility index (Phi) is 5.75. The van der Waals surface area contributed by atoms with Crippen molar-refractivity contribution in [3.8, 4) is 0 Å². The summed E-state index contributed by atoms with van der Waals surface area (Å²) < 4.78 is 15.1. The van der Waals surface area contributed by atoms with E-state index in [2.05, 4.69) is 11.3 Å². The maximum Gasteiger partial charge on any atom is 0.336 e. The Labute approximate surface area is 87.7 Å². The molecule has 0 aliphatic carbocycles. The number of esters is 1. The molecule has 0 saturated carbocycles. The molecule has 0 aliphatic heterocycles. The second-order valence-corrected chi connectivity index (χ2v) is 4.72. The molecule has 15 heavy (non-hydrogen) atoms. The highest BCUT2D eigenvalue weighted by Crippen LogP contribution is 2.35. The fourth-order valence-corrected chi connectivity index (χ4v) is 1.41. The number of carbonyl (C=O) groups excluding carboxylic acids is 1. The molecule has 7 heteroatoms. The Bertz CT molecular complexity index is 281. The van der Waals surface area contributed by atoms with Gasteiger partial charge in [0.05, 0.1) is 24.4 Å². The summed E-state index contributed by atoms with van der Waals surface area (Å²) in [5.74, 6) is -0.754. The normalized spacial score (nSPS) is 13.3. The molecule has 1 unspecified atom stereocenters. The van der Waals surface area contributed by atoms with Gasteiger partial charge in [-0.05, 0) is 13.3 Å². The van der Waals surface area contributed by atoms with Crippen molar-refractivity contribution in [2.45, 2.75) is 19.4 Å². The first-order valence-corrected chi connectivity index (χ1v) is 6.16. The minimum Gasteiger partial charge on any atom is -0.463 e. The average Bonchev–Trinajstić information content (AvgIpc) is 2.12. The molecule has 0 aromatic carbocycles. The van der Waals surface area contributed by atoms with E-state index in [4.69, 9.17) is 9.79 Å². The van der Waals surface area contributed by atoms with Crippen molar-refractivity contribution < 1.29 is 29.0 Å². The van der Waals surface area contributed by atoms with Gasteiger partial charge in [0.1, 0.15) is 0 Å². The van der Waals surface area contributed by atoms with Gasteiger partial charge in [-0.2, -0.15) is 0 Å². The summed E-state index contributed by atoms with van der Waals surface area (Å²) in [4.78, 5) is 28.1. The van der Waals surface area contributed by atoms with Crippen LogP contribution in [-0.4, -0.2) is 39.7 Å². The molecular weight excluding hydrogens is 223 g/mol. The van der Waals surface area contributed by atoms with Gasteiger partial charge in [0.25, 0.3) is 0 Å². The maximum atomic E-state index is 11.0. The Morgan fingerprint density at radius 1 is 1.53 bits per heavy atom. The monoisotopic (exact) mass is 238 g/mol. The van der Waals surface area contributed by atoms with Gasteiger partial charge in [-0.1, -0.05) is 6.58 Å². The molecule has 1 atom stereocenters. The van der Waals surface area contributed by atoms with Gasteiger partial charge >= 0.3 is 13.6 Å². The Morgan fingerprint density at radius 2 is 2.07 bits per heavy atom. The van der Waals surface area contributed by atoms with Crippen LogP contribution in [0.5, 0.6) is 0 Å². The van der Waals surface area contributed by atoms with Gasteiger partial charge in [0, 0.05) is 0 Å². The second kappa shape index (κ2) is 6.02. The smallest absolute Gasteiger partial charge is 0.336 e. The van der Waals surface area contributed by atoms with E-state index in [-0.39, 0.29) is 18.6 Å². The molecule has 0 amide bonds. The number of ether oxygens (including phenoxy) is 1. The van der Waals surface area contributed by atoms with Crippen LogP contribution in [0.2, 0.25) is 0 Å². The molecule has 0 bridgehead atoms. The minimum absolute atomic E-state index is 0.156. The summed E-state index contributed by atoms with van der Waals surface area (Å²) in [6.45, 7) is 5.06. The van der Waals surface area contributed by atoms with Gasteiger partial charge < -0.3 is 19.6 Å². The molecule has 0 fully saturated rings. The van der Waals surface area contributed by atoms with Crippen LogP contribution >= 0.6 is 7.60 Å². The number of rotatable bonds is 6. The number of hydrogen-bond donors (Lipinski definition) is 3. The standard InChI is InChI=1S/C8H15O6P/c1-3-14-8(10)6(2)7(9)4-5-15(11,12)13/h7,9H,2-5H2,1H3,(H2,11,12,13). The number of aliphatic hydroxyl groups is 1. The molecule has 0 aromatic rings.